The quantitative estimate of drug-likeness (QED) is 0.784. The Balaban J connectivity index is 2.88. The Hall–Kier alpha value is -1.08. The van der Waals surface area contributed by atoms with E-state index in [2.05, 4.69) is 30.1 Å². The molecule has 4 heteroatoms. The Labute approximate surface area is 97.6 Å². The van der Waals surface area contributed by atoms with Crippen LogP contribution in [0.3, 0.4) is 0 Å². The lowest BCUT2D eigenvalue weighted by atomic mass is 9.95. The Morgan fingerprint density at radius 1 is 1.69 bits per heavy atom. The second-order valence-electron chi connectivity index (χ2n) is 5.18. The first kappa shape index (κ1) is 13.0. The van der Waals surface area contributed by atoms with Gasteiger partial charge in [0.1, 0.15) is 6.04 Å². The fourth-order valence-electron chi connectivity index (χ4n) is 2.17. The molecule has 0 saturated carbocycles. The molecule has 0 aliphatic carbocycles. The van der Waals surface area contributed by atoms with Crippen LogP contribution in [-0.4, -0.2) is 35.0 Å². The zero-order chi connectivity index (χ0) is 12.3. The molecule has 1 aliphatic rings. The number of amides is 1. The van der Waals surface area contributed by atoms with Crippen LogP contribution in [0.2, 0.25) is 0 Å². The minimum absolute atomic E-state index is 0.0156. The minimum Gasteiger partial charge on any atom is -0.349 e. The second-order valence-corrected chi connectivity index (χ2v) is 5.18. The van der Waals surface area contributed by atoms with Crippen molar-refractivity contribution in [1.82, 2.24) is 10.2 Å². The van der Waals surface area contributed by atoms with E-state index in [1.54, 1.807) is 0 Å². The molecule has 0 radical (unpaired) electrons. The van der Waals surface area contributed by atoms with Crippen LogP contribution in [0.25, 0.3) is 0 Å². The van der Waals surface area contributed by atoms with Crippen LogP contribution >= 0.6 is 0 Å². The molecule has 1 aliphatic heterocycles. The van der Waals surface area contributed by atoms with Gasteiger partial charge in [-0.2, -0.15) is 5.26 Å². The van der Waals surface area contributed by atoms with E-state index in [0.29, 0.717) is 6.04 Å². The smallest absolute Gasteiger partial charge is 0.238 e. The fraction of sp³-hybridized carbons (Fsp3) is 0.833. The molecule has 0 aromatic carbocycles. The van der Waals surface area contributed by atoms with Crippen LogP contribution in [0.5, 0.6) is 0 Å². The molecular weight excluding hydrogens is 202 g/mol. The van der Waals surface area contributed by atoms with Gasteiger partial charge in [0.15, 0.2) is 0 Å². The molecule has 1 rings (SSSR count). The Morgan fingerprint density at radius 3 is 2.81 bits per heavy atom. The van der Waals surface area contributed by atoms with Crippen molar-refractivity contribution in [3.63, 3.8) is 0 Å². The second kappa shape index (κ2) is 4.84. The maximum Gasteiger partial charge on any atom is 0.238 e. The van der Waals surface area contributed by atoms with Gasteiger partial charge in [-0.15, -0.1) is 0 Å². The summed E-state index contributed by atoms with van der Waals surface area (Å²) in [5.41, 5.74) is -0.202. The molecule has 1 fully saturated rings. The third-order valence-electron chi connectivity index (χ3n) is 3.18. The monoisotopic (exact) mass is 223 g/mol. The van der Waals surface area contributed by atoms with Crippen LogP contribution < -0.4 is 5.32 Å². The summed E-state index contributed by atoms with van der Waals surface area (Å²) >= 11 is 0. The molecular formula is C12H21N3O. The first-order chi connectivity index (χ1) is 7.41. The van der Waals surface area contributed by atoms with Crippen molar-refractivity contribution < 1.29 is 4.79 Å². The highest BCUT2D eigenvalue weighted by Gasteiger charge is 2.39. The number of rotatable bonds is 3. The number of hydrogen-bond donors (Lipinski definition) is 1. The topological polar surface area (TPSA) is 56.1 Å². The molecule has 0 bridgehead atoms. The summed E-state index contributed by atoms with van der Waals surface area (Å²) in [6.45, 7) is 9.05. The molecule has 1 amide bonds. The highest BCUT2D eigenvalue weighted by Crippen LogP contribution is 2.21. The maximum atomic E-state index is 11.9. The first-order valence-electron chi connectivity index (χ1n) is 5.86. The van der Waals surface area contributed by atoms with E-state index >= 15 is 0 Å². The number of nitriles is 1. The molecule has 16 heavy (non-hydrogen) atoms. The molecule has 0 aromatic rings. The summed E-state index contributed by atoms with van der Waals surface area (Å²) in [5, 5.41) is 11.7. The summed E-state index contributed by atoms with van der Waals surface area (Å²) < 4.78 is 0. The van der Waals surface area contributed by atoms with Crippen molar-refractivity contribution in [3.8, 4) is 6.07 Å². The summed E-state index contributed by atoms with van der Waals surface area (Å²) in [6.07, 6.45) is 1.26. The van der Waals surface area contributed by atoms with Gasteiger partial charge in [0.05, 0.1) is 12.5 Å². The van der Waals surface area contributed by atoms with Crippen LogP contribution in [0.4, 0.5) is 0 Å². The minimum atomic E-state index is -0.284. The Kier molecular flexibility index (Phi) is 3.93. The standard InChI is InChI=1S/C12H21N3O/c1-5-9(2)15-8-12(3,4)14-11(16)10(15)6-7-13/h9-10H,5-6,8H2,1-4H3,(H,14,16). The zero-order valence-corrected chi connectivity index (χ0v) is 10.6. The van der Waals surface area contributed by atoms with Gasteiger partial charge >= 0.3 is 0 Å². The average Bonchev–Trinajstić information content (AvgIpc) is 2.19. The summed E-state index contributed by atoms with van der Waals surface area (Å²) in [7, 11) is 0. The molecule has 0 aromatic heterocycles. The summed E-state index contributed by atoms with van der Waals surface area (Å²) in [5.74, 6) is -0.0156. The van der Waals surface area contributed by atoms with E-state index in [9.17, 15) is 4.79 Å². The van der Waals surface area contributed by atoms with Crippen LogP contribution in [-0.2, 0) is 4.79 Å². The molecule has 2 atom stereocenters. The molecule has 90 valence electrons. The van der Waals surface area contributed by atoms with Gasteiger partial charge < -0.3 is 5.32 Å². The molecule has 0 spiro atoms. The summed E-state index contributed by atoms with van der Waals surface area (Å²) in [4.78, 5) is 14.1. The van der Waals surface area contributed by atoms with E-state index in [1.807, 2.05) is 13.8 Å². The van der Waals surface area contributed by atoms with Crippen molar-refractivity contribution in [1.29, 1.82) is 5.26 Å². The number of piperazine rings is 1. The van der Waals surface area contributed by atoms with Gasteiger partial charge in [0.25, 0.3) is 0 Å². The lowest BCUT2D eigenvalue weighted by Crippen LogP contribution is -2.66. The van der Waals surface area contributed by atoms with Crippen molar-refractivity contribution in [2.45, 2.75) is 58.2 Å². The number of carbonyl (C=O) groups is 1. The number of nitrogens with zero attached hydrogens (tertiary/aromatic N) is 2. The Morgan fingerprint density at radius 2 is 2.31 bits per heavy atom. The van der Waals surface area contributed by atoms with Crippen LogP contribution in [0.15, 0.2) is 0 Å². The summed E-state index contributed by atoms with van der Waals surface area (Å²) in [6, 6.07) is 2.15. The van der Waals surface area contributed by atoms with Gasteiger partial charge in [-0.05, 0) is 27.2 Å². The normalized spacial score (nSPS) is 26.9. The van der Waals surface area contributed by atoms with E-state index in [0.717, 1.165) is 13.0 Å². The van der Waals surface area contributed by atoms with E-state index in [4.69, 9.17) is 5.26 Å². The van der Waals surface area contributed by atoms with Gasteiger partial charge in [0.2, 0.25) is 5.91 Å². The average molecular weight is 223 g/mol. The maximum absolute atomic E-state index is 11.9. The number of nitrogens with one attached hydrogen (secondary N) is 1. The van der Waals surface area contributed by atoms with Crippen LogP contribution in [0.1, 0.15) is 40.5 Å². The molecule has 4 nitrogen and oxygen atoms in total. The number of hydrogen-bond acceptors (Lipinski definition) is 3. The molecule has 1 heterocycles. The van der Waals surface area contributed by atoms with E-state index in [1.165, 1.54) is 0 Å². The van der Waals surface area contributed by atoms with Crippen molar-refractivity contribution in [2.24, 2.45) is 0 Å². The lowest BCUT2D eigenvalue weighted by Gasteiger charge is -2.45. The van der Waals surface area contributed by atoms with Gasteiger partial charge in [-0.3, -0.25) is 9.69 Å². The van der Waals surface area contributed by atoms with Crippen molar-refractivity contribution in [2.75, 3.05) is 6.54 Å². The first-order valence-corrected chi connectivity index (χ1v) is 5.86. The largest absolute Gasteiger partial charge is 0.349 e. The molecule has 1 saturated heterocycles. The third-order valence-corrected chi connectivity index (χ3v) is 3.18. The van der Waals surface area contributed by atoms with Gasteiger partial charge in [-0.25, -0.2) is 0 Å². The van der Waals surface area contributed by atoms with Gasteiger partial charge in [-0.1, -0.05) is 6.92 Å². The molecule has 2 unspecified atom stereocenters. The lowest BCUT2D eigenvalue weighted by molar-refractivity contribution is -0.134. The van der Waals surface area contributed by atoms with Crippen molar-refractivity contribution >= 4 is 5.91 Å². The van der Waals surface area contributed by atoms with E-state index < -0.39 is 0 Å². The van der Waals surface area contributed by atoms with Crippen LogP contribution in [0, 0.1) is 11.3 Å². The number of carbonyl (C=O) groups excluding carboxylic acids is 1. The Bertz CT molecular complexity index is 306. The van der Waals surface area contributed by atoms with Gasteiger partial charge in [0, 0.05) is 18.1 Å². The predicted molar refractivity (Wildman–Crippen MR) is 62.7 cm³/mol. The predicted octanol–water partition coefficient (Wildman–Crippen LogP) is 1.28. The SMILES string of the molecule is CCC(C)N1CC(C)(C)NC(=O)C1CC#N. The fourth-order valence-corrected chi connectivity index (χ4v) is 2.17. The highest BCUT2D eigenvalue weighted by molar-refractivity contribution is 5.83. The van der Waals surface area contributed by atoms with E-state index in [-0.39, 0.29) is 23.9 Å². The van der Waals surface area contributed by atoms with Crippen molar-refractivity contribution in [3.05, 3.63) is 0 Å². The highest BCUT2D eigenvalue weighted by atomic mass is 16.2. The molecule has 1 N–H and O–H groups in total. The third kappa shape index (κ3) is 2.73. The zero-order valence-electron chi connectivity index (χ0n) is 10.6.